The van der Waals surface area contributed by atoms with Crippen LogP contribution in [0, 0.1) is 18.3 Å². The van der Waals surface area contributed by atoms with Crippen molar-refractivity contribution in [2.45, 2.75) is 26.2 Å². The van der Waals surface area contributed by atoms with Crippen LogP contribution in [0.1, 0.15) is 24.0 Å². The molecule has 2 aliphatic rings. The zero-order valence-electron chi connectivity index (χ0n) is 11.7. The second kappa shape index (κ2) is 3.83. The lowest BCUT2D eigenvalue weighted by atomic mass is 9.57. The van der Waals surface area contributed by atoms with E-state index in [1.807, 2.05) is 17.9 Å². The quantitative estimate of drug-likeness (QED) is 0.893. The van der Waals surface area contributed by atoms with Crippen molar-refractivity contribution >= 4 is 10.9 Å². The van der Waals surface area contributed by atoms with Gasteiger partial charge in [-0.1, -0.05) is 6.07 Å². The van der Waals surface area contributed by atoms with E-state index in [9.17, 15) is 0 Å². The molecule has 3 nitrogen and oxygen atoms in total. The highest BCUT2D eigenvalue weighted by Gasteiger charge is 2.47. The molecule has 1 saturated carbocycles. The summed E-state index contributed by atoms with van der Waals surface area (Å²) < 4.78 is 1.99. The number of benzene rings is 1. The largest absolute Gasteiger partial charge is 0.316 e. The first-order valence-corrected chi connectivity index (χ1v) is 7.27. The van der Waals surface area contributed by atoms with Crippen molar-refractivity contribution in [2.75, 3.05) is 13.1 Å². The number of hydrogen-bond acceptors (Lipinski definition) is 2. The van der Waals surface area contributed by atoms with E-state index >= 15 is 0 Å². The lowest BCUT2D eigenvalue weighted by Crippen LogP contribution is -2.60. The van der Waals surface area contributed by atoms with Gasteiger partial charge in [0.05, 0.1) is 11.7 Å². The summed E-state index contributed by atoms with van der Waals surface area (Å²) in [5.41, 5.74) is 4.81. The van der Waals surface area contributed by atoms with E-state index in [1.54, 1.807) is 0 Å². The lowest BCUT2D eigenvalue weighted by Gasteiger charge is -2.54. The van der Waals surface area contributed by atoms with Crippen LogP contribution in [-0.2, 0) is 13.5 Å². The fourth-order valence-corrected chi connectivity index (χ4v) is 4.02. The summed E-state index contributed by atoms with van der Waals surface area (Å²) in [7, 11) is 2.03. The van der Waals surface area contributed by atoms with E-state index in [4.69, 9.17) is 0 Å². The van der Waals surface area contributed by atoms with Crippen LogP contribution in [-0.4, -0.2) is 22.9 Å². The molecule has 0 amide bonds. The summed E-state index contributed by atoms with van der Waals surface area (Å²) in [5, 5.41) is 9.07. The van der Waals surface area contributed by atoms with Gasteiger partial charge in [-0.3, -0.25) is 4.68 Å². The van der Waals surface area contributed by atoms with Crippen LogP contribution < -0.4 is 5.32 Å². The third-order valence-corrected chi connectivity index (χ3v) is 5.10. The van der Waals surface area contributed by atoms with Gasteiger partial charge in [-0.2, -0.15) is 5.10 Å². The molecule has 2 fully saturated rings. The normalized spacial score (nSPS) is 21.6. The minimum Gasteiger partial charge on any atom is -0.316 e. The molecule has 1 aliphatic carbocycles. The second-order valence-electron chi connectivity index (χ2n) is 6.70. The fourth-order valence-electron chi connectivity index (χ4n) is 4.02. The molecular weight excluding hydrogens is 234 g/mol. The molecule has 1 saturated heterocycles. The van der Waals surface area contributed by atoms with Crippen LogP contribution in [0.4, 0.5) is 0 Å². The first-order valence-electron chi connectivity index (χ1n) is 7.27. The zero-order chi connectivity index (χ0) is 13.0. The highest BCUT2D eigenvalue weighted by Crippen LogP contribution is 2.49. The van der Waals surface area contributed by atoms with Crippen molar-refractivity contribution in [1.29, 1.82) is 0 Å². The Hall–Kier alpha value is -1.35. The molecule has 2 aromatic rings. The molecular formula is C16H21N3. The van der Waals surface area contributed by atoms with Gasteiger partial charge in [-0.15, -0.1) is 0 Å². The van der Waals surface area contributed by atoms with E-state index in [0.717, 1.165) is 5.92 Å². The SMILES string of the molecule is Cc1cc(CC2CC3(CNC3)C2)cc2c1cnn2C. The van der Waals surface area contributed by atoms with Crippen molar-refractivity contribution in [3.63, 3.8) is 0 Å². The van der Waals surface area contributed by atoms with E-state index in [0.29, 0.717) is 5.41 Å². The Morgan fingerprint density at radius 3 is 2.84 bits per heavy atom. The number of aromatic nitrogens is 2. The number of rotatable bonds is 2. The number of nitrogens with zero attached hydrogens (tertiary/aromatic N) is 2. The number of aryl methyl sites for hydroxylation is 2. The molecule has 0 radical (unpaired) electrons. The average molecular weight is 255 g/mol. The summed E-state index contributed by atoms with van der Waals surface area (Å²) in [5.74, 6) is 0.896. The molecule has 3 heteroatoms. The Morgan fingerprint density at radius 1 is 1.37 bits per heavy atom. The minimum absolute atomic E-state index is 0.691. The molecule has 2 heterocycles. The van der Waals surface area contributed by atoms with Crippen molar-refractivity contribution in [2.24, 2.45) is 18.4 Å². The molecule has 0 atom stereocenters. The highest BCUT2D eigenvalue weighted by molar-refractivity contribution is 5.82. The maximum atomic E-state index is 4.36. The summed E-state index contributed by atoms with van der Waals surface area (Å²) in [4.78, 5) is 0. The molecule has 0 bridgehead atoms. The number of fused-ring (bicyclic) bond motifs is 1. The molecule has 100 valence electrons. The Kier molecular flexibility index (Phi) is 2.31. The lowest BCUT2D eigenvalue weighted by molar-refractivity contribution is 0.000901. The zero-order valence-corrected chi connectivity index (χ0v) is 11.7. The summed E-state index contributed by atoms with van der Waals surface area (Å²) in [6, 6.07) is 4.69. The van der Waals surface area contributed by atoms with E-state index in [-0.39, 0.29) is 0 Å². The fraction of sp³-hybridized carbons (Fsp3) is 0.562. The van der Waals surface area contributed by atoms with Gasteiger partial charge >= 0.3 is 0 Å². The predicted molar refractivity (Wildman–Crippen MR) is 77.2 cm³/mol. The van der Waals surface area contributed by atoms with Crippen molar-refractivity contribution < 1.29 is 0 Å². The maximum Gasteiger partial charge on any atom is 0.0684 e. The first kappa shape index (κ1) is 11.5. The van der Waals surface area contributed by atoms with Gasteiger partial charge in [0.1, 0.15) is 0 Å². The van der Waals surface area contributed by atoms with Gasteiger partial charge in [-0.25, -0.2) is 0 Å². The molecule has 19 heavy (non-hydrogen) atoms. The van der Waals surface area contributed by atoms with Crippen LogP contribution >= 0.6 is 0 Å². The van der Waals surface area contributed by atoms with Gasteiger partial charge in [0, 0.05) is 25.5 Å². The van der Waals surface area contributed by atoms with Gasteiger partial charge in [0.15, 0.2) is 0 Å². The van der Waals surface area contributed by atoms with Crippen LogP contribution in [0.2, 0.25) is 0 Å². The third kappa shape index (κ3) is 1.71. The Labute approximate surface area is 114 Å². The van der Waals surface area contributed by atoms with Crippen LogP contribution in [0.15, 0.2) is 18.3 Å². The highest BCUT2D eigenvalue weighted by atomic mass is 15.2. The average Bonchev–Trinajstić information content (AvgIpc) is 2.63. The van der Waals surface area contributed by atoms with Gasteiger partial charge in [0.25, 0.3) is 0 Å². The second-order valence-corrected chi connectivity index (χ2v) is 6.70. The van der Waals surface area contributed by atoms with Crippen LogP contribution in [0.5, 0.6) is 0 Å². The molecule has 0 unspecified atom stereocenters. The standard InChI is InChI=1S/C16H21N3/c1-11-3-12(5-15-14(11)8-18-19(15)2)4-13-6-16(7-13)9-17-10-16/h3,5,8,13,17H,4,6-7,9-10H2,1-2H3. The Morgan fingerprint density at radius 2 is 2.16 bits per heavy atom. The van der Waals surface area contributed by atoms with E-state index in [1.165, 1.54) is 54.4 Å². The molecule has 1 N–H and O–H groups in total. The summed E-state index contributed by atoms with van der Waals surface area (Å²) >= 11 is 0. The smallest absolute Gasteiger partial charge is 0.0684 e. The third-order valence-electron chi connectivity index (χ3n) is 5.10. The Bertz CT molecular complexity index is 629. The summed E-state index contributed by atoms with van der Waals surface area (Å²) in [6.45, 7) is 4.71. The van der Waals surface area contributed by atoms with Crippen molar-refractivity contribution in [1.82, 2.24) is 15.1 Å². The monoisotopic (exact) mass is 255 g/mol. The predicted octanol–water partition coefficient (Wildman–Crippen LogP) is 2.42. The van der Waals surface area contributed by atoms with Crippen LogP contribution in [0.25, 0.3) is 10.9 Å². The van der Waals surface area contributed by atoms with E-state index in [2.05, 4.69) is 29.5 Å². The molecule has 1 aromatic heterocycles. The molecule has 1 aromatic carbocycles. The summed E-state index contributed by atoms with van der Waals surface area (Å²) in [6.07, 6.45) is 6.06. The van der Waals surface area contributed by atoms with E-state index < -0.39 is 0 Å². The first-order chi connectivity index (χ1) is 9.15. The molecule has 1 aliphatic heterocycles. The van der Waals surface area contributed by atoms with Crippen molar-refractivity contribution in [3.8, 4) is 0 Å². The maximum absolute atomic E-state index is 4.36. The van der Waals surface area contributed by atoms with Gasteiger partial charge < -0.3 is 5.32 Å². The van der Waals surface area contributed by atoms with Gasteiger partial charge in [0.2, 0.25) is 0 Å². The minimum atomic E-state index is 0.691. The topological polar surface area (TPSA) is 29.9 Å². The van der Waals surface area contributed by atoms with Crippen LogP contribution in [0.3, 0.4) is 0 Å². The number of hydrogen-bond donors (Lipinski definition) is 1. The Balaban J connectivity index is 1.56. The molecule has 4 rings (SSSR count). The van der Waals surface area contributed by atoms with Crippen molar-refractivity contribution in [3.05, 3.63) is 29.5 Å². The van der Waals surface area contributed by atoms with Gasteiger partial charge in [-0.05, 0) is 54.7 Å². The number of nitrogens with one attached hydrogen (secondary N) is 1. The molecule has 1 spiro atoms.